The predicted octanol–water partition coefficient (Wildman–Crippen LogP) is 1.93. The molecular weight excluding hydrogens is 377 g/mol. The number of aromatic nitrogens is 1. The van der Waals surface area contributed by atoms with Crippen LogP contribution in [0.2, 0.25) is 0 Å². The van der Waals surface area contributed by atoms with Gasteiger partial charge in [0.2, 0.25) is 5.88 Å². The van der Waals surface area contributed by atoms with Gasteiger partial charge in [0.05, 0.1) is 24.8 Å². The van der Waals surface area contributed by atoms with Crippen LogP contribution in [-0.4, -0.2) is 74.6 Å². The summed E-state index contributed by atoms with van der Waals surface area (Å²) in [5.74, 6) is 0.880. The van der Waals surface area contributed by atoms with Gasteiger partial charge in [0, 0.05) is 39.0 Å². The lowest BCUT2D eigenvalue weighted by Gasteiger charge is -2.37. The molecule has 7 nitrogen and oxygen atoms in total. The number of hydrogen-bond donors (Lipinski definition) is 1. The van der Waals surface area contributed by atoms with Crippen LogP contribution in [0.25, 0.3) is 0 Å². The van der Waals surface area contributed by atoms with Crippen LogP contribution in [-0.2, 0) is 15.7 Å². The van der Waals surface area contributed by atoms with Gasteiger partial charge in [0.1, 0.15) is 12.7 Å². The molecule has 28 heavy (non-hydrogen) atoms. The lowest BCUT2D eigenvalue weighted by molar-refractivity contribution is -0.137. The molecule has 2 atom stereocenters. The molecule has 2 fully saturated rings. The average Bonchev–Trinajstić information content (AvgIpc) is 3.23. The minimum atomic E-state index is -4.40. The molecule has 0 saturated carbocycles. The zero-order valence-corrected chi connectivity index (χ0v) is 15.7. The molecule has 1 aromatic rings. The number of ether oxygens (including phenoxy) is 3. The van der Waals surface area contributed by atoms with E-state index < -0.39 is 11.7 Å². The van der Waals surface area contributed by atoms with E-state index >= 15 is 0 Å². The number of pyridine rings is 1. The Labute approximate surface area is 161 Å². The van der Waals surface area contributed by atoms with Crippen LogP contribution in [0, 0.1) is 0 Å². The van der Waals surface area contributed by atoms with Crippen LogP contribution in [0.3, 0.4) is 0 Å². The summed E-state index contributed by atoms with van der Waals surface area (Å²) in [6.07, 6.45) is -1.40. The Morgan fingerprint density at radius 3 is 2.79 bits per heavy atom. The fourth-order valence-corrected chi connectivity index (χ4v) is 3.27. The molecule has 3 heterocycles. The van der Waals surface area contributed by atoms with E-state index in [0.717, 1.165) is 44.2 Å². The molecule has 2 unspecified atom stereocenters. The summed E-state index contributed by atoms with van der Waals surface area (Å²) in [4.78, 5) is 10.1. The first-order valence-electron chi connectivity index (χ1n) is 9.32. The van der Waals surface area contributed by atoms with E-state index in [1.807, 2.05) is 0 Å². The van der Waals surface area contributed by atoms with Crippen molar-refractivity contribution in [2.24, 2.45) is 4.99 Å². The van der Waals surface area contributed by atoms with Crippen molar-refractivity contribution in [2.45, 2.75) is 31.2 Å². The summed E-state index contributed by atoms with van der Waals surface area (Å²) in [7, 11) is 1.71. The molecule has 0 spiro atoms. The fraction of sp³-hybridized carbons (Fsp3) is 0.667. The molecular formula is C18H25F3N4O3. The molecule has 3 rings (SSSR count). The van der Waals surface area contributed by atoms with Crippen LogP contribution in [0.5, 0.6) is 5.88 Å². The maximum Gasteiger partial charge on any atom is 0.417 e. The minimum absolute atomic E-state index is 0.0300. The van der Waals surface area contributed by atoms with Gasteiger partial charge in [-0.3, -0.25) is 4.99 Å². The highest BCUT2D eigenvalue weighted by Crippen LogP contribution is 2.29. The standard InChI is InChI=1S/C18H25F3N4O3/c1-22-17(25-7-10-27-15(12-25)14-3-2-8-26-14)23-6-9-28-16-5-4-13(11-24-16)18(19,20)21/h4-5,11,14-15H,2-3,6-10,12H2,1H3,(H,22,23). The first-order chi connectivity index (χ1) is 13.5. The second kappa shape index (κ2) is 9.42. The molecule has 1 aromatic heterocycles. The van der Waals surface area contributed by atoms with Gasteiger partial charge in [0.15, 0.2) is 5.96 Å². The number of aliphatic imine (C=N–C) groups is 1. The fourth-order valence-electron chi connectivity index (χ4n) is 3.27. The van der Waals surface area contributed by atoms with Crippen molar-refractivity contribution in [2.75, 3.05) is 46.5 Å². The van der Waals surface area contributed by atoms with Crippen molar-refractivity contribution in [3.8, 4) is 5.88 Å². The van der Waals surface area contributed by atoms with Gasteiger partial charge < -0.3 is 24.4 Å². The van der Waals surface area contributed by atoms with Gasteiger partial charge >= 0.3 is 6.18 Å². The largest absolute Gasteiger partial charge is 0.476 e. The van der Waals surface area contributed by atoms with Crippen molar-refractivity contribution in [1.82, 2.24) is 15.2 Å². The van der Waals surface area contributed by atoms with E-state index in [0.29, 0.717) is 19.7 Å². The van der Waals surface area contributed by atoms with Crippen molar-refractivity contribution in [3.63, 3.8) is 0 Å². The van der Waals surface area contributed by atoms with E-state index in [9.17, 15) is 13.2 Å². The van der Waals surface area contributed by atoms with Gasteiger partial charge in [-0.15, -0.1) is 0 Å². The number of halogens is 3. The summed E-state index contributed by atoms with van der Waals surface area (Å²) in [6, 6.07) is 2.17. The highest BCUT2D eigenvalue weighted by molar-refractivity contribution is 5.80. The Balaban J connectivity index is 1.42. The summed E-state index contributed by atoms with van der Waals surface area (Å²) >= 11 is 0. The SMILES string of the molecule is CN=C(NCCOc1ccc(C(F)(F)F)cn1)N1CCOC(C2CCCO2)C1. The van der Waals surface area contributed by atoms with Gasteiger partial charge in [0.25, 0.3) is 0 Å². The third kappa shape index (κ3) is 5.48. The third-order valence-corrected chi connectivity index (χ3v) is 4.68. The molecule has 0 amide bonds. The topological polar surface area (TPSA) is 68.2 Å². The second-order valence-electron chi connectivity index (χ2n) is 6.61. The Hall–Kier alpha value is -2.07. The zero-order chi connectivity index (χ0) is 20.0. The minimum Gasteiger partial charge on any atom is -0.476 e. The lowest BCUT2D eigenvalue weighted by atomic mass is 10.1. The average molecular weight is 402 g/mol. The summed E-state index contributed by atoms with van der Waals surface area (Å²) in [6.45, 7) is 3.51. The maximum atomic E-state index is 12.5. The highest BCUT2D eigenvalue weighted by Gasteiger charge is 2.32. The Morgan fingerprint density at radius 1 is 1.32 bits per heavy atom. The molecule has 156 valence electrons. The van der Waals surface area contributed by atoms with Crippen LogP contribution in [0.4, 0.5) is 13.2 Å². The van der Waals surface area contributed by atoms with Crippen LogP contribution >= 0.6 is 0 Å². The van der Waals surface area contributed by atoms with E-state index in [4.69, 9.17) is 14.2 Å². The van der Waals surface area contributed by atoms with Gasteiger partial charge in [-0.1, -0.05) is 0 Å². The van der Waals surface area contributed by atoms with Crippen molar-refractivity contribution < 1.29 is 27.4 Å². The summed E-state index contributed by atoms with van der Waals surface area (Å²) in [5.41, 5.74) is -0.800. The molecule has 0 aliphatic carbocycles. The molecule has 2 aliphatic heterocycles. The number of rotatable bonds is 5. The zero-order valence-electron chi connectivity index (χ0n) is 15.7. The van der Waals surface area contributed by atoms with Gasteiger partial charge in [-0.25, -0.2) is 4.98 Å². The van der Waals surface area contributed by atoms with E-state index in [2.05, 4.69) is 20.2 Å². The Kier molecular flexibility index (Phi) is 6.95. The van der Waals surface area contributed by atoms with E-state index in [-0.39, 0.29) is 24.7 Å². The van der Waals surface area contributed by atoms with Crippen LogP contribution in [0.1, 0.15) is 18.4 Å². The number of alkyl halides is 3. The molecule has 2 saturated heterocycles. The van der Waals surface area contributed by atoms with E-state index in [1.165, 1.54) is 6.07 Å². The molecule has 1 N–H and O–H groups in total. The van der Waals surface area contributed by atoms with Crippen molar-refractivity contribution >= 4 is 5.96 Å². The molecule has 0 radical (unpaired) electrons. The third-order valence-electron chi connectivity index (χ3n) is 4.68. The first kappa shape index (κ1) is 20.7. The monoisotopic (exact) mass is 402 g/mol. The van der Waals surface area contributed by atoms with Gasteiger partial charge in [-0.05, 0) is 18.9 Å². The van der Waals surface area contributed by atoms with E-state index in [1.54, 1.807) is 7.05 Å². The molecule has 2 aliphatic rings. The predicted molar refractivity (Wildman–Crippen MR) is 96.4 cm³/mol. The maximum absolute atomic E-state index is 12.5. The smallest absolute Gasteiger partial charge is 0.417 e. The first-order valence-corrected chi connectivity index (χ1v) is 9.32. The second-order valence-corrected chi connectivity index (χ2v) is 6.61. The summed E-state index contributed by atoms with van der Waals surface area (Å²) < 4.78 is 54.6. The Bertz CT molecular complexity index is 648. The van der Waals surface area contributed by atoms with Crippen molar-refractivity contribution in [3.05, 3.63) is 23.9 Å². The number of nitrogens with one attached hydrogen (secondary N) is 1. The van der Waals surface area contributed by atoms with Gasteiger partial charge in [-0.2, -0.15) is 13.2 Å². The van der Waals surface area contributed by atoms with Crippen LogP contribution in [0.15, 0.2) is 23.3 Å². The molecule has 10 heteroatoms. The van der Waals surface area contributed by atoms with Crippen molar-refractivity contribution in [1.29, 1.82) is 0 Å². The number of guanidine groups is 1. The highest BCUT2D eigenvalue weighted by atomic mass is 19.4. The normalized spacial score (nSPS) is 23.7. The molecule has 0 aromatic carbocycles. The number of morpholine rings is 1. The summed E-state index contributed by atoms with van der Waals surface area (Å²) in [5, 5.41) is 3.20. The molecule has 0 bridgehead atoms. The van der Waals surface area contributed by atoms with Crippen LogP contribution < -0.4 is 10.1 Å². The lowest BCUT2D eigenvalue weighted by Crippen LogP contribution is -2.53. The quantitative estimate of drug-likeness (QED) is 0.461. The Morgan fingerprint density at radius 2 is 2.14 bits per heavy atom. The number of nitrogens with zero attached hydrogens (tertiary/aromatic N) is 3. The number of hydrogen-bond acceptors (Lipinski definition) is 5.